The lowest BCUT2D eigenvalue weighted by Gasteiger charge is -1.97. The fourth-order valence-electron chi connectivity index (χ4n) is 1.64. The van der Waals surface area contributed by atoms with Crippen molar-refractivity contribution < 1.29 is 14.8 Å². The van der Waals surface area contributed by atoms with E-state index in [1.807, 2.05) is 0 Å². The molecule has 7 heteroatoms. The fraction of sp³-hybridized carbons (Fsp3) is 0.167. The molecule has 0 aliphatic rings. The van der Waals surface area contributed by atoms with E-state index in [4.69, 9.17) is 5.11 Å². The van der Waals surface area contributed by atoms with Gasteiger partial charge in [-0.2, -0.15) is 0 Å². The highest BCUT2D eigenvalue weighted by Gasteiger charge is 2.14. The number of carboxylic acids is 1. The van der Waals surface area contributed by atoms with Crippen LogP contribution in [-0.2, 0) is 6.42 Å². The lowest BCUT2D eigenvalue weighted by Crippen LogP contribution is -1.94. The maximum Gasteiger partial charge on any atom is 0.347 e. The van der Waals surface area contributed by atoms with Crippen molar-refractivity contribution in [3.63, 3.8) is 0 Å². The number of aryl methyl sites for hydroxylation is 1. The maximum absolute atomic E-state index is 10.9. The van der Waals surface area contributed by atoms with Crippen molar-refractivity contribution in [1.29, 1.82) is 0 Å². The molecule has 0 fully saturated rings. The van der Waals surface area contributed by atoms with Crippen LogP contribution in [0.25, 0.3) is 0 Å². The first-order valence-corrected chi connectivity index (χ1v) is 6.22. The molecule has 19 heavy (non-hydrogen) atoms. The highest BCUT2D eigenvalue weighted by Crippen LogP contribution is 2.21. The van der Waals surface area contributed by atoms with Crippen LogP contribution in [-0.4, -0.2) is 21.0 Å². The molecule has 0 spiro atoms. The number of aromatic nitrogens is 1. The van der Waals surface area contributed by atoms with Gasteiger partial charge in [0, 0.05) is 18.6 Å². The number of rotatable bonds is 4. The second kappa shape index (κ2) is 5.15. The van der Waals surface area contributed by atoms with E-state index in [9.17, 15) is 14.9 Å². The quantitative estimate of drug-likeness (QED) is 0.685. The summed E-state index contributed by atoms with van der Waals surface area (Å²) in [6, 6.07) is 6.15. The van der Waals surface area contributed by atoms with E-state index in [0.29, 0.717) is 17.1 Å². The van der Waals surface area contributed by atoms with Gasteiger partial charge >= 0.3 is 5.97 Å². The highest BCUT2D eigenvalue weighted by atomic mass is 32.1. The number of nitrogens with zero attached hydrogens (tertiary/aromatic N) is 2. The van der Waals surface area contributed by atoms with Gasteiger partial charge in [0.2, 0.25) is 0 Å². The molecule has 6 nitrogen and oxygen atoms in total. The Kier molecular flexibility index (Phi) is 3.57. The van der Waals surface area contributed by atoms with Crippen LogP contribution in [0.2, 0.25) is 0 Å². The number of nitro groups is 1. The number of benzene rings is 1. The second-order valence-corrected chi connectivity index (χ2v) is 5.01. The number of carbonyl (C=O) groups is 1. The van der Waals surface area contributed by atoms with E-state index in [1.165, 1.54) is 12.1 Å². The summed E-state index contributed by atoms with van der Waals surface area (Å²) in [4.78, 5) is 25.4. The zero-order chi connectivity index (χ0) is 14.0. The number of hydrogen-bond acceptors (Lipinski definition) is 5. The Hall–Kier alpha value is -2.28. The average molecular weight is 278 g/mol. The SMILES string of the molecule is Cc1nc(Cc2ccc([N+](=O)[O-])cc2)sc1C(=O)O. The van der Waals surface area contributed by atoms with Crippen LogP contribution >= 0.6 is 11.3 Å². The first kappa shape index (κ1) is 13.2. The van der Waals surface area contributed by atoms with Crippen molar-refractivity contribution in [2.75, 3.05) is 0 Å². The van der Waals surface area contributed by atoms with Crippen molar-refractivity contribution in [1.82, 2.24) is 4.98 Å². The van der Waals surface area contributed by atoms with Crippen LogP contribution in [0, 0.1) is 17.0 Å². The summed E-state index contributed by atoms with van der Waals surface area (Å²) < 4.78 is 0. The molecule has 1 aromatic carbocycles. The van der Waals surface area contributed by atoms with E-state index in [0.717, 1.165) is 16.9 Å². The summed E-state index contributed by atoms with van der Waals surface area (Å²) in [6.07, 6.45) is 0.469. The van der Waals surface area contributed by atoms with Gasteiger partial charge < -0.3 is 5.11 Å². The molecule has 0 amide bonds. The summed E-state index contributed by atoms with van der Waals surface area (Å²) in [5.41, 5.74) is 1.39. The Morgan fingerprint density at radius 3 is 2.53 bits per heavy atom. The molecule has 98 valence electrons. The van der Waals surface area contributed by atoms with Crippen LogP contribution in [0.1, 0.15) is 25.9 Å². The topological polar surface area (TPSA) is 93.3 Å². The number of carboxylic acid groups (broad SMARTS) is 1. The summed E-state index contributed by atoms with van der Waals surface area (Å²) >= 11 is 1.13. The summed E-state index contributed by atoms with van der Waals surface area (Å²) in [5, 5.41) is 20.1. The first-order valence-electron chi connectivity index (χ1n) is 5.40. The van der Waals surface area contributed by atoms with E-state index in [-0.39, 0.29) is 10.6 Å². The predicted octanol–water partition coefficient (Wildman–Crippen LogP) is 2.65. The molecule has 1 aromatic heterocycles. The molecule has 0 bridgehead atoms. The third kappa shape index (κ3) is 2.94. The molecule has 0 aliphatic carbocycles. The van der Waals surface area contributed by atoms with Crippen molar-refractivity contribution >= 4 is 23.0 Å². The molecular weight excluding hydrogens is 268 g/mol. The lowest BCUT2D eigenvalue weighted by atomic mass is 10.1. The maximum atomic E-state index is 10.9. The van der Waals surface area contributed by atoms with Gasteiger partial charge in [-0.1, -0.05) is 12.1 Å². The van der Waals surface area contributed by atoms with Gasteiger partial charge in [-0.15, -0.1) is 11.3 Å². The minimum absolute atomic E-state index is 0.0327. The van der Waals surface area contributed by atoms with Crippen LogP contribution in [0.4, 0.5) is 5.69 Å². The van der Waals surface area contributed by atoms with Gasteiger partial charge in [-0.25, -0.2) is 9.78 Å². The van der Waals surface area contributed by atoms with Gasteiger partial charge in [0.25, 0.3) is 5.69 Å². The minimum Gasteiger partial charge on any atom is -0.477 e. The molecule has 0 radical (unpaired) electrons. The van der Waals surface area contributed by atoms with Gasteiger partial charge in [0.05, 0.1) is 15.6 Å². The Morgan fingerprint density at radius 1 is 1.42 bits per heavy atom. The van der Waals surface area contributed by atoms with Crippen molar-refractivity contribution in [3.05, 3.63) is 55.5 Å². The molecular formula is C12H10N2O4S. The normalized spacial score (nSPS) is 10.4. The highest BCUT2D eigenvalue weighted by molar-refractivity contribution is 7.13. The smallest absolute Gasteiger partial charge is 0.347 e. The summed E-state index contributed by atoms with van der Waals surface area (Å²) in [7, 11) is 0. The monoisotopic (exact) mass is 278 g/mol. The molecule has 0 unspecified atom stereocenters. The van der Waals surface area contributed by atoms with Gasteiger partial charge in [0.1, 0.15) is 4.88 Å². The number of thiazole rings is 1. The van der Waals surface area contributed by atoms with Crippen LogP contribution in [0.5, 0.6) is 0 Å². The van der Waals surface area contributed by atoms with Crippen molar-refractivity contribution in [3.8, 4) is 0 Å². The number of nitro benzene ring substituents is 1. The minimum atomic E-state index is -0.982. The third-order valence-corrected chi connectivity index (χ3v) is 3.68. The molecule has 0 atom stereocenters. The second-order valence-electron chi connectivity index (χ2n) is 3.93. The third-order valence-electron chi connectivity index (χ3n) is 2.54. The van der Waals surface area contributed by atoms with E-state index >= 15 is 0 Å². The van der Waals surface area contributed by atoms with Gasteiger partial charge in [-0.3, -0.25) is 10.1 Å². The summed E-state index contributed by atoms with van der Waals surface area (Å²) in [6.45, 7) is 1.65. The number of hydrogen-bond donors (Lipinski definition) is 1. The van der Waals surface area contributed by atoms with Gasteiger partial charge in [0.15, 0.2) is 0 Å². The Balaban J connectivity index is 2.19. The first-order chi connectivity index (χ1) is 8.97. The van der Waals surface area contributed by atoms with E-state index in [2.05, 4.69) is 4.98 Å². The Morgan fingerprint density at radius 2 is 2.05 bits per heavy atom. The van der Waals surface area contributed by atoms with Crippen LogP contribution in [0.3, 0.4) is 0 Å². The summed E-state index contributed by atoms with van der Waals surface area (Å²) in [5.74, 6) is -0.982. The lowest BCUT2D eigenvalue weighted by molar-refractivity contribution is -0.384. The molecule has 0 aliphatic heterocycles. The Labute approximate surface area is 112 Å². The van der Waals surface area contributed by atoms with Gasteiger partial charge in [-0.05, 0) is 12.5 Å². The number of aromatic carboxylic acids is 1. The molecule has 0 saturated carbocycles. The van der Waals surface area contributed by atoms with Crippen LogP contribution < -0.4 is 0 Å². The molecule has 0 saturated heterocycles. The average Bonchev–Trinajstić information content (AvgIpc) is 2.71. The van der Waals surface area contributed by atoms with E-state index < -0.39 is 10.9 Å². The number of non-ortho nitro benzene ring substituents is 1. The fourth-order valence-corrected chi connectivity index (χ4v) is 2.57. The van der Waals surface area contributed by atoms with E-state index in [1.54, 1.807) is 19.1 Å². The molecule has 2 aromatic rings. The molecule has 1 heterocycles. The predicted molar refractivity (Wildman–Crippen MR) is 69.7 cm³/mol. The largest absolute Gasteiger partial charge is 0.477 e. The van der Waals surface area contributed by atoms with Crippen LogP contribution in [0.15, 0.2) is 24.3 Å². The van der Waals surface area contributed by atoms with Crippen molar-refractivity contribution in [2.24, 2.45) is 0 Å². The van der Waals surface area contributed by atoms with Crippen molar-refractivity contribution in [2.45, 2.75) is 13.3 Å². The molecule has 2 rings (SSSR count). The molecule has 1 N–H and O–H groups in total. The standard InChI is InChI=1S/C12H10N2O4S/c1-7-11(12(15)16)19-10(13-7)6-8-2-4-9(5-3-8)14(17)18/h2-5H,6H2,1H3,(H,15,16). The Bertz CT molecular complexity index is 634. The zero-order valence-corrected chi connectivity index (χ0v) is 10.8. The zero-order valence-electron chi connectivity index (χ0n) is 9.99.